The lowest BCUT2D eigenvalue weighted by atomic mass is 9.92. The van der Waals surface area contributed by atoms with E-state index >= 15 is 0 Å². The Morgan fingerprint density at radius 2 is 2.03 bits per heavy atom. The van der Waals surface area contributed by atoms with Gasteiger partial charge in [0.1, 0.15) is 11.6 Å². The van der Waals surface area contributed by atoms with Gasteiger partial charge in [0.2, 0.25) is 5.91 Å². The van der Waals surface area contributed by atoms with Gasteiger partial charge in [0.05, 0.1) is 41.2 Å². The second-order valence-electron chi connectivity index (χ2n) is 8.85. The summed E-state index contributed by atoms with van der Waals surface area (Å²) >= 11 is 6.41. The number of pyridine rings is 1. The van der Waals surface area contributed by atoms with E-state index in [9.17, 15) is 4.79 Å². The molecule has 4 atom stereocenters. The summed E-state index contributed by atoms with van der Waals surface area (Å²) in [4.78, 5) is 25.9. The monoisotopic (exact) mass is 458 g/mol. The topological polar surface area (TPSA) is 101 Å². The lowest BCUT2D eigenvalue weighted by Gasteiger charge is -2.32. The number of carbonyl (C=O) groups excluding carboxylic acids is 1. The van der Waals surface area contributed by atoms with Crippen molar-refractivity contribution in [2.24, 2.45) is 11.8 Å². The Labute approximate surface area is 193 Å². The second-order valence-corrected chi connectivity index (χ2v) is 9.25. The third kappa shape index (κ3) is 5.94. The highest BCUT2D eigenvalue weighted by atomic mass is 35.5. The fourth-order valence-corrected chi connectivity index (χ4v) is 4.75. The first kappa shape index (κ1) is 22.9. The zero-order chi connectivity index (χ0) is 22.5. The fraction of sp³-hybridized carbons (Fsp3) is 0.565. The Balaban J connectivity index is 1.43. The van der Waals surface area contributed by atoms with Crippen LogP contribution in [0.15, 0.2) is 24.7 Å². The number of halogens is 1. The summed E-state index contributed by atoms with van der Waals surface area (Å²) in [6, 6.07) is 1.76. The first-order valence-corrected chi connectivity index (χ1v) is 11.7. The Morgan fingerprint density at radius 3 is 2.78 bits per heavy atom. The third-order valence-electron chi connectivity index (χ3n) is 6.05. The van der Waals surface area contributed by atoms with Crippen LogP contribution in [0, 0.1) is 11.8 Å². The summed E-state index contributed by atoms with van der Waals surface area (Å²) in [5.74, 6) is 1.61. The smallest absolute Gasteiger partial charge is 0.229 e. The van der Waals surface area contributed by atoms with E-state index in [2.05, 4.69) is 39.8 Å². The molecule has 8 nitrogen and oxygen atoms in total. The highest BCUT2D eigenvalue weighted by Crippen LogP contribution is 2.29. The summed E-state index contributed by atoms with van der Waals surface area (Å²) in [6.45, 7) is 6.71. The molecule has 3 N–H and O–H groups in total. The van der Waals surface area contributed by atoms with Gasteiger partial charge in [-0.2, -0.15) is 0 Å². The predicted molar refractivity (Wildman–Crippen MR) is 126 cm³/mol. The largest absolute Gasteiger partial charge is 0.376 e. The average molecular weight is 459 g/mol. The number of nitrogens with one attached hydrogen (secondary N) is 3. The van der Waals surface area contributed by atoms with Gasteiger partial charge in [0.15, 0.2) is 0 Å². The zero-order valence-corrected chi connectivity index (χ0v) is 19.4. The molecule has 9 heteroatoms. The molecular formula is C23H31ClN6O2. The maximum absolute atomic E-state index is 12.6. The van der Waals surface area contributed by atoms with Crippen LogP contribution in [-0.4, -0.2) is 52.7 Å². The zero-order valence-electron chi connectivity index (χ0n) is 18.6. The molecule has 0 bridgehead atoms. The molecule has 2 aromatic heterocycles. The van der Waals surface area contributed by atoms with Crippen LogP contribution in [0.25, 0.3) is 11.3 Å². The molecule has 2 fully saturated rings. The van der Waals surface area contributed by atoms with Crippen molar-refractivity contribution in [1.82, 2.24) is 20.3 Å². The van der Waals surface area contributed by atoms with Crippen molar-refractivity contribution >= 4 is 29.1 Å². The lowest BCUT2D eigenvalue weighted by Crippen LogP contribution is -2.37. The predicted octanol–water partition coefficient (Wildman–Crippen LogP) is 3.75. The Morgan fingerprint density at radius 1 is 1.22 bits per heavy atom. The van der Waals surface area contributed by atoms with Gasteiger partial charge in [-0.25, -0.2) is 9.97 Å². The molecule has 172 valence electrons. The van der Waals surface area contributed by atoms with E-state index in [4.69, 9.17) is 21.3 Å². The van der Waals surface area contributed by atoms with Crippen LogP contribution in [0.2, 0.25) is 5.02 Å². The van der Waals surface area contributed by atoms with Gasteiger partial charge in [0, 0.05) is 24.8 Å². The Kier molecular flexibility index (Phi) is 7.55. The minimum Gasteiger partial charge on any atom is -0.376 e. The maximum atomic E-state index is 12.6. The Hall–Kier alpha value is -2.29. The first-order valence-electron chi connectivity index (χ1n) is 11.4. The summed E-state index contributed by atoms with van der Waals surface area (Å²) in [6.07, 6.45) is 9.40. The molecule has 0 saturated carbocycles. The molecule has 2 saturated heterocycles. The number of hydrogen-bond donors (Lipinski definition) is 3. The van der Waals surface area contributed by atoms with Gasteiger partial charge in [-0.15, -0.1) is 0 Å². The maximum Gasteiger partial charge on any atom is 0.229 e. The molecule has 2 aliphatic rings. The van der Waals surface area contributed by atoms with Crippen molar-refractivity contribution in [3.05, 3.63) is 29.7 Å². The molecule has 0 radical (unpaired) electrons. The molecule has 0 aromatic carbocycles. The van der Waals surface area contributed by atoms with Crippen LogP contribution in [0.5, 0.6) is 0 Å². The second kappa shape index (κ2) is 10.6. The van der Waals surface area contributed by atoms with Gasteiger partial charge >= 0.3 is 0 Å². The van der Waals surface area contributed by atoms with Gasteiger partial charge < -0.3 is 20.7 Å². The van der Waals surface area contributed by atoms with Gasteiger partial charge in [0.25, 0.3) is 0 Å². The number of hydrogen-bond acceptors (Lipinski definition) is 7. The number of ether oxygens (including phenoxy) is 1. The minimum absolute atomic E-state index is 0.0283. The molecule has 2 aliphatic heterocycles. The minimum atomic E-state index is -0.0485. The summed E-state index contributed by atoms with van der Waals surface area (Å²) in [7, 11) is 0. The van der Waals surface area contributed by atoms with Crippen LogP contribution in [0.3, 0.4) is 0 Å². The van der Waals surface area contributed by atoms with Crippen molar-refractivity contribution < 1.29 is 9.53 Å². The van der Waals surface area contributed by atoms with Crippen molar-refractivity contribution in [3.63, 3.8) is 0 Å². The van der Waals surface area contributed by atoms with E-state index in [1.807, 2.05) is 0 Å². The quantitative estimate of drug-likeness (QED) is 0.606. The molecule has 2 aromatic rings. The van der Waals surface area contributed by atoms with E-state index in [1.165, 1.54) is 6.20 Å². The molecule has 4 rings (SSSR count). The average Bonchev–Trinajstić information content (AvgIpc) is 2.79. The fourth-order valence-electron chi connectivity index (χ4n) is 4.55. The normalized spacial score (nSPS) is 25.8. The van der Waals surface area contributed by atoms with Crippen LogP contribution in [-0.2, 0) is 9.53 Å². The molecule has 32 heavy (non-hydrogen) atoms. The van der Waals surface area contributed by atoms with Crippen molar-refractivity contribution in [2.45, 2.75) is 51.7 Å². The molecule has 1 amide bonds. The van der Waals surface area contributed by atoms with Crippen LogP contribution in [0.1, 0.15) is 39.5 Å². The molecule has 0 aliphatic carbocycles. The van der Waals surface area contributed by atoms with Crippen LogP contribution >= 0.6 is 11.6 Å². The first-order chi connectivity index (χ1) is 15.5. The number of carbonyl (C=O) groups is 1. The van der Waals surface area contributed by atoms with E-state index < -0.39 is 0 Å². The van der Waals surface area contributed by atoms with E-state index in [0.29, 0.717) is 40.4 Å². The third-order valence-corrected chi connectivity index (χ3v) is 6.35. The number of amides is 1. The van der Waals surface area contributed by atoms with Gasteiger partial charge in [-0.3, -0.25) is 9.78 Å². The number of nitrogens with zero attached hydrogens (tertiary/aromatic N) is 3. The highest BCUT2D eigenvalue weighted by molar-refractivity contribution is 6.33. The van der Waals surface area contributed by atoms with Crippen molar-refractivity contribution in [2.75, 3.05) is 30.3 Å². The molecule has 4 heterocycles. The standard InChI is InChI=1S/C23H31ClN6O2/c1-14-6-16(7-15(2)32-14)9-27-22-13-26-12-20(29-22)18-8-21(28-11-19(18)24)30-23(31)17-4-3-5-25-10-17/h8,11-17,25H,3-7,9-10H2,1-2H3,(H,27,29)(H,28,30,31)/t14-,15+,16?,17-/m1/s1. The van der Waals surface area contributed by atoms with Gasteiger partial charge in [-0.05, 0) is 58.1 Å². The van der Waals surface area contributed by atoms with E-state index in [-0.39, 0.29) is 24.0 Å². The summed E-state index contributed by atoms with van der Waals surface area (Å²) in [5, 5.41) is 10.0. The summed E-state index contributed by atoms with van der Waals surface area (Å²) < 4.78 is 5.83. The van der Waals surface area contributed by atoms with Crippen LogP contribution < -0.4 is 16.0 Å². The van der Waals surface area contributed by atoms with Crippen LogP contribution in [0.4, 0.5) is 11.6 Å². The number of piperidine rings is 1. The van der Waals surface area contributed by atoms with E-state index in [0.717, 1.165) is 38.8 Å². The van der Waals surface area contributed by atoms with Crippen molar-refractivity contribution in [1.29, 1.82) is 0 Å². The summed E-state index contributed by atoms with van der Waals surface area (Å²) in [5.41, 5.74) is 1.31. The number of aromatic nitrogens is 3. The van der Waals surface area contributed by atoms with Gasteiger partial charge in [-0.1, -0.05) is 11.6 Å². The SMILES string of the molecule is C[C@@H]1CC(CNc2cncc(-c3cc(NC(=O)[C@@H]4CCCNC4)ncc3Cl)n2)C[C@H](C)O1. The molecule has 0 spiro atoms. The van der Waals surface area contributed by atoms with Crippen molar-refractivity contribution in [3.8, 4) is 11.3 Å². The lowest BCUT2D eigenvalue weighted by molar-refractivity contribution is -0.120. The number of anilines is 2. The number of rotatable bonds is 6. The highest BCUT2D eigenvalue weighted by Gasteiger charge is 2.24. The van der Waals surface area contributed by atoms with E-state index in [1.54, 1.807) is 18.5 Å². The molecule has 1 unspecified atom stereocenters. The Bertz CT molecular complexity index is 926. The molecular weight excluding hydrogens is 428 g/mol.